The molecule has 7 rings (SSSR count). The number of halogens is 10. The van der Waals surface area contributed by atoms with Crippen LogP contribution in [0.25, 0.3) is 65.9 Å². The van der Waals surface area contributed by atoms with Gasteiger partial charge in [-0.05, 0) is 91.8 Å². The van der Waals surface area contributed by atoms with Gasteiger partial charge >= 0.3 is 0 Å². The topological polar surface area (TPSA) is 31.6 Å². The SMILES string of the molecule is Clc1c(Cl)c(Cl)c(-c2c(-c3c(Br)c(Br)c(Br)c(Br)c3Br)c3c4ccccc4[nH]c3c3c2[nH]c2ccccc23)c(Cl)c1Cl. The van der Waals surface area contributed by atoms with Gasteiger partial charge in [-0.3, -0.25) is 0 Å². The highest BCUT2D eigenvalue weighted by Gasteiger charge is 2.32. The number of para-hydroxylation sites is 2. The average molecular weight is 975 g/mol. The molecule has 0 amide bonds. The van der Waals surface area contributed by atoms with Crippen LogP contribution >= 0.6 is 138 Å². The highest BCUT2D eigenvalue weighted by Crippen LogP contribution is 2.58. The van der Waals surface area contributed by atoms with E-state index in [1.54, 1.807) is 0 Å². The molecule has 2 heterocycles. The van der Waals surface area contributed by atoms with E-state index in [1.165, 1.54) is 0 Å². The molecular weight excluding hydrogens is 965 g/mol. The van der Waals surface area contributed by atoms with E-state index in [2.05, 4.69) is 108 Å². The van der Waals surface area contributed by atoms with Gasteiger partial charge in [0, 0.05) is 77.2 Å². The van der Waals surface area contributed by atoms with Crippen LogP contribution < -0.4 is 0 Å². The van der Waals surface area contributed by atoms with Crippen LogP contribution in [0.2, 0.25) is 25.1 Å². The number of aromatic amines is 2. The maximum Gasteiger partial charge on any atom is 0.0809 e. The number of fused-ring (bicyclic) bond motifs is 7. The maximum absolute atomic E-state index is 7.05. The highest BCUT2D eigenvalue weighted by atomic mass is 79.9. The largest absolute Gasteiger partial charge is 0.354 e. The fourth-order valence-electron chi connectivity index (χ4n) is 5.58. The fourth-order valence-corrected chi connectivity index (χ4v) is 10.3. The molecule has 0 bridgehead atoms. The standard InChI is InChI=1S/C30H10Br5Cl5N2/c31-19-17(20(32)22(34)23(35)21(19)33)15-13-9-5-1-3-7-11(9)41-29(13)14-10-6-2-4-8-12(10)42-30(14)16(15)18-24(36)26(38)28(40)27(39)25(18)37/h1-8,41-42H. The normalized spacial score (nSPS) is 12.0. The van der Waals surface area contributed by atoms with Crippen LogP contribution in [-0.2, 0) is 0 Å². The molecule has 0 aliphatic rings. The fraction of sp³-hybridized carbons (Fsp3) is 0. The zero-order valence-electron chi connectivity index (χ0n) is 20.4. The monoisotopic (exact) mass is 968 g/mol. The molecule has 0 atom stereocenters. The summed E-state index contributed by atoms with van der Waals surface area (Å²) < 4.78 is 4.06. The van der Waals surface area contributed by atoms with E-state index >= 15 is 0 Å². The van der Waals surface area contributed by atoms with Crippen molar-refractivity contribution in [3.8, 4) is 22.3 Å². The molecule has 2 N–H and O–H groups in total. The number of hydrogen-bond acceptors (Lipinski definition) is 0. The summed E-state index contributed by atoms with van der Waals surface area (Å²) in [5.41, 5.74) is 6.54. The molecule has 2 aromatic heterocycles. The Hall–Kier alpha value is -0.450. The quantitative estimate of drug-likeness (QED) is 0.128. The third-order valence-electron chi connectivity index (χ3n) is 7.33. The van der Waals surface area contributed by atoms with Crippen molar-refractivity contribution in [2.75, 3.05) is 0 Å². The minimum atomic E-state index is 0.0937. The lowest BCUT2D eigenvalue weighted by molar-refractivity contribution is 1.45. The van der Waals surface area contributed by atoms with Crippen molar-refractivity contribution in [3.63, 3.8) is 0 Å². The third kappa shape index (κ3) is 4.25. The Balaban J connectivity index is 1.90. The summed E-state index contributed by atoms with van der Waals surface area (Å²) in [4.78, 5) is 7.37. The van der Waals surface area contributed by atoms with Crippen molar-refractivity contribution in [3.05, 3.63) is 96.0 Å². The zero-order chi connectivity index (χ0) is 29.8. The Morgan fingerprint density at radius 2 is 0.833 bits per heavy atom. The molecule has 0 saturated carbocycles. The molecule has 210 valence electrons. The summed E-state index contributed by atoms with van der Waals surface area (Å²) in [5.74, 6) is 0. The summed E-state index contributed by atoms with van der Waals surface area (Å²) in [6.07, 6.45) is 0. The second kappa shape index (κ2) is 11.1. The van der Waals surface area contributed by atoms with Gasteiger partial charge in [-0.2, -0.15) is 0 Å². The number of H-pyrrole nitrogens is 2. The first kappa shape index (κ1) is 30.2. The van der Waals surface area contributed by atoms with Gasteiger partial charge in [0.05, 0.1) is 36.1 Å². The van der Waals surface area contributed by atoms with Crippen molar-refractivity contribution in [1.82, 2.24) is 9.97 Å². The second-order valence-electron chi connectivity index (χ2n) is 9.48. The van der Waals surface area contributed by atoms with Crippen LogP contribution in [0, 0.1) is 0 Å². The Morgan fingerprint density at radius 3 is 1.38 bits per heavy atom. The van der Waals surface area contributed by atoms with Crippen LogP contribution in [0.1, 0.15) is 0 Å². The molecule has 7 aromatic rings. The Morgan fingerprint density at radius 1 is 0.405 bits per heavy atom. The van der Waals surface area contributed by atoms with E-state index < -0.39 is 0 Å². The molecule has 0 aliphatic carbocycles. The van der Waals surface area contributed by atoms with Gasteiger partial charge in [0.15, 0.2) is 0 Å². The minimum Gasteiger partial charge on any atom is -0.354 e. The number of benzene rings is 5. The second-order valence-corrected chi connectivity index (χ2v) is 15.3. The average Bonchev–Trinajstić information content (AvgIpc) is 3.57. The van der Waals surface area contributed by atoms with Gasteiger partial charge in [-0.25, -0.2) is 0 Å². The first-order valence-corrected chi connectivity index (χ1v) is 17.9. The minimum absolute atomic E-state index is 0.0937. The first-order chi connectivity index (χ1) is 20.0. The lowest BCUT2D eigenvalue weighted by Gasteiger charge is -2.22. The van der Waals surface area contributed by atoms with Crippen molar-refractivity contribution < 1.29 is 0 Å². The van der Waals surface area contributed by atoms with Crippen molar-refractivity contribution in [1.29, 1.82) is 0 Å². The van der Waals surface area contributed by atoms with Gasteiger partial charge in [-0.15, -0.1) is 0 Å². The molecular formula is C30H10Br5Cl5N2. The lowest BCUT2D eigenvalue weighted by Crippen LogP contribution is -1.96. The lowest BCUT2D eigenvalue weighted by atomic mass is 9.88. The third-order valence-corrected chi connectivity index (χ3v) is 15.7. The van der Waals surface area contributed by atoms with E-state index in [9.17, 15) is 0 Å². The Kier molecular flexibility index (Phi) is 7.99. The summed E-state index contributed by atoms with van der Waals surface area (Å²) in [6, 6.07) is 16.3. The predicted molar refractivity (Wildman–Crippen MR) is 200 cm³/mol. The molecule has 0 aliphatic heterocycles. The van der Waals surface area contributed by atoms with Crippen molar-refractivity contribution >= 4 is 181 Å². The molecule has 2 nitrogen and oxygen atoms in total. The maximum atomic E-state index is 7.05. The first-order valence-electron chi connectivity index (χ1n) is 12.0. The van der Waals surface area contributed by atoms with Gasteiger partial charge in [0.2, 0.25) is 0 Å². The molecule has 0 unspecified atom stereocenters. The highest BCUT2D eigenvalue weighted by molar-refractivity contribution is 9.15. The summed E-state index contributed by atoms with van der Waals surface area (Å²) in [6.45, 7) is 0. The molecule has 0 saturated heterocycles. The Bertz CT molecular complexity index is 2270. The summed E-state index contributed by atoms with van der Waals surface area (Å²) in [7, 11) is 0. The summed E-state index contributed by atoms with van der Waals surface area (Å²) in [5, 5.41) is 4.72. The number of hydrogen-bond donors (Lipinski definition) is 2. The van der Waals surface area contributed by atoms with Gasteiger partial charge < -0.3 is 9.97 Å². The van der Waals surface area contributed by atoms with Gasteiger partial charge in [-0.1, -0.05) is 94.4 Å². The van der Waals surface area contributed by atoms with Gasteiger partial charge in [0.25, 0.3) is 0 Å². The number of aromatic nitrogens is 2. The van der Waals surface area contributed by atoms with Crippen LogP contribution in [0.5, 0.6) is 0 Å². The molecule has 12 heteroatoms. The van der Waals surface area contributed by atoms with Crippen LogP contribution in [0.15, 0.2) is 70.9 Å². The van der Waals surface area contributed by atoms with Gasteiger partial charge in [0.1, 0.15) is 0 Å². The van der Waals surface area contributed by atoms with Crippen molar-refractivity contribution in [2.45, 2.75) is 0 Å². The van der Waals surface area contributed by atoms with Crippen molar-refractivity contribution in [2.24, 2.45) is 0 Å². The van der Waals surface area contributed by atoms with Crippen LogP contribution in [0.3, 0.4) is 0 Å². The van der Waals surface area contributed by atoms with Crippen LogP contribution in [0.4, 0.5) is 0 Å². The summed E-state index contributed by atoms with van der Waals surface area (Å²) >= 11 is 53.0. The smallest absolute Gasteiger partial charge is 0.0809 e. The molecule has 0 fully saturated rings. The number of nitrogens with one attached hydrogen (secondary N) is 2. The van der Waals surface area contributed by atoms with E-state index in [-0.39, 0.29) is 25.1 Å². The van der Waals surface area contributed by atoms with Crippen LogP contribution in [-0.4, -0.2) is 9.97 Å². The zero-order valence-corrected chi connectivity index (χ0v) is 32.1. The van der Waals surface area contributed by atoms with E-state index in [1.807, 2.05) is 30.3 Å². The molecule has 42 heavy (non-hydrogen) atoms. The van der Waals surface area contributed by atoms with E-state index in [0.717, 1.165) is 82.7 Å². The molecule has 0 radical (unpaired) electrons. The molecule has 0 spiro atoms. The number of rotatable bonds is 2. The van der Waals surface area contributed by atoms with E-state index in [4.69, 9.17) is 58.0 Å². The Labute approximate surface area is 306 Å². The van der Waals surface area contributed by atoms with E-state index in [0.29, 0.717) is 5.56 Å². The predicted octanol–water partition coefficient (Wildman–Crippen LogP) is 15.4. The molecule has 5 aromatic carbocycles.